The van der Waals surface area contributed by atoms with Gasteiger partial charge in [-0.1, -0.05) is 38.4 Å². The van der Waals surface area contributed by atoms with E-state index in [1.807, 2.05) is 12.1 Å². The highest BCUT2D eigenvalue weighted by molar-refractivity contribution is 6.31. The lowest BCUT2D eigenvalue weighted by Crippen LogP contribution is -2.49. The molecule has 1 spiro atoms. The second-order valence-corrected chi connectivity index (χ2v) is 9.52. The maximum Gasteiger partial charge on any atom is 0.237 e. The van der Waals surface area contributed by atoms with Crippen molar-refractivity contribution < 1.29 is 14.0 Å². The van der Waals surface area contributed by atoms with Crippen LogP contribution in [0.5, 0.6) is 0 Å². The number of fused-ring (bicyclic) bond motifs is 2. The summed E-state index contributed by atoms with van der Waals surface area (Å²) < 4.78 is 5.77. The average molecular weight is 416 g/mol. The minimum absolute atomic E-state index is 0.0641. The third-order valence-corrected chi connectivity index (χ3v) is 6.24. The molecule has 4 unspecified atom stereocenters. The summed E-state index contributed by atoms with van der Waals surface area (Å²) >= 11 is 6.20. The van der Waals surface area contributed by atoms with Gasteiger partial charge in [0.2, 0.25) is 11.8 Å². The number of amides is 2. The number of furan rings is 1. The molecule has 29 heavy (non-hydrogen) atoms. The van der Waals surface area contributed by atoms with E-state index in [4.69, 9.17) is 16.0 Å². The topological polar surface area (TPSA) is 83.4 Å². The summed E-state index contributed by atoms with van der Waals surface area (Å²) in [6.07, 6.45) is 2.28. The van der Waals surface area contributed by atoms with Gasteiger partial charge in [0, 0.05) is 23.8 Å². The van der Waals surface area contributed by atoms with Crippen LogP contribution < -0.4 is 16.0 Å². The highest BCUT2D eigenvalue weighted by Gasteiger charge is 2.66. The van der Waals surface area contributed by atoms with Crippen molar-refractivity contribution in [2.45, 2.75) is 50.6 Å². The van der Waals surface area contributed by atoms with E-state index in [1.54, 1.807) is 31.5 Å². The summed E-state index contributed by atoms with van der Waals surface area (Å²) in [7, 11) is 1.61. The van der Waals surface area contributed by atoms with Crippen molar-refractivity contribution in [1.82, 2.24) is 10.6 Å². The second-order valence-electron chi connectivity index (χ2n) is 9.08. The lowest BCUT2D eigenvalue weighted by atomic mass is 9.63. The van der Waals surface area contributed by atoms with Crippen LogP contribution in [-0.2, 0) is 15.0 Å². The molecule has 2 aliphatic rings. The van der Waals surface area contributed by atoms with Gasteiger partial charge in [-0.3, -0.25) is 9.59 Å². The Hall–Kier alpha value is -2.31. The minimum Gasteiger partial charge on any atom is -0.469 e. The molecule has 7 heteroatoms. The van der Waals surface area contributed by atoms with E-state index >= 15 is 0 Å². The number of likely N-dealkylation sites (N-methyl/N-ethyl adjacent to an activating group) is 1. The van der Waals surface area contributed by atoms with Crippen LogP contribution in [0.4, 0.5) is 5.69 Å². The van der Waals surface area contributed by atoms with Gasteiger partial charge >= 0.3 is 0 Å². The van der Waals surface area contributed by atoms with E-state index in [1.165, 1.54) is 0 Å². The molecule has 3 N–H and O–H groups in total. The number of hydrogen-bond donors (Lipinski definition) is 3. The molecule has 3 heterocycles. The molecule has 1 aromatic carbocycles. The predicted octanol–water partition coefficient (Wildman–Crippen LogP) is 3.43. The molecule has 0 bridgehead atoms. The highest BCUT2D eigenvalue weighted by Crippen LogP contribution is 2.56. The van der Waals surface area contributed by atoms with Gasteiger partial charge in [0.25, 0.3) is 0 Å². The second kappa shape index (κ2) is 6.89. The summed E-state index contributed by atoms with van der Waals surface area (Å²) in [5, 5.41) is 9.80. The molecule has 0 aliphatic carbocycles. The van der Waals surface area contributed by atoms with Crippen molar-refractivity contribution in [2.24, 2.45) is 5.41 Å². The Bertz CT molecular complexity index is 951. The molecule has 2 aromatic rings. The van der Waals surface area contributed by atoms with Gasteiger partial charge in [-0.15, -0.1) is 0 Å². The Kier molecular flexibility index (Phi) is 4.74. The third kappa shape index (κ3) is 3.06. The van der Waals surface area contributed by atoms with Crippen LogP contribution in [0.25, 0.3) is 0 Å². The first kappa shape index (κ1) is 20.0. The van der Waals surface area contributed by atoms with E-state index in [9.17, 15) is 9.59 Å². The summed E-state index contributed by atoms with van der Waals surface area (Å²) in [5.41, 5.74) is 0.493. The molecular weight excluding hydrogens is 390 g/mol. The molecule has 0 saturated carbocycles. The average Bonchev–Trinajstić information content (AvgIpc) is 3.32. The number of benzene rings is 1. The number of nitrogens with one attached hydrogen (secondary N) is 3. The van der Waals surface area contributed by atoms with E-state index in [-0.39, 0.29) is 23.3 Å². The van der Waals surface area contributed by atoms with Gasteiger partial charge in [-0.05, 0) is 41.7 Å². The van der Waals surface area contributed by atoms with Gasteiger partial charge in [-0.25, -0.2) is 0 Å². The molecule has 0 radical (unpaired) electrons. The monoisotopic (exact) mass is 415 g/mol. The zero-order valence-electron chi connectivity index (χ0n) is 17.0. The van der Waals surface area contributed by atoms with Crippen LogP contribution in [0.2, 0.25) is 5.02 Å². The molecule has 2 aliphatic heterocycles. The minimum atomic E-state index is -0.984. The highest BCUT2D eigenvalue weighted by atomic mass is 35.5. The van der Waals surface area contributed by atoms with Gasteiger partial charge in [0.1, 0.15) is 11.2 Å². The first-order chi connectivity index (χ1) is 13.7. The lowest BCUT2D eigenvalue weighted by molar-refractivity contribution is -0.123. The Balaban J connectivity index is 1.97. The summed E-state index contributed by atoms with van der Waals surface area (Å²) in [5.74, 6) is -0.186. The zero-order valence-corrected chi connectivity index (χ0v) is 17.8. The van der Waals surface area contributed by atoms with Crippen molar-refractivity contribution >= 4 is 29.1 Å². The van der Waals surface area contributed by atoms with Gasteiger partial charge < -0.3 is 20.4 Å². The fourth-order valence-electron chi connectivity index (χ4n) is 4.98. The van der Waals surface area contributed by atoms with Crippen LogP contribution in [-0.4, -0.2) is 30.9 Å². The zero-order chi connectivity index (χ0) is 21.0. The number of hydrogen-bond acceptors (Lipinski definition) is 4. The van der Waals surface area contributed by atoms with Crippen LogP contribution in [0.1, 0.15) is 44.4 Å². The fraction of sp³-hybridized carbons (Fsp3) is 0.455. The van der Waals surface area contributed by atoms with E-state index in [0.29, 0.717) is 22.9 Å². The number of halogens is 1. The maximum absolute atomic E-state index is 13.7. The molecule has 4 rings (SSSR count). The molecule has 1 saturated heterocycles. The molecule has 6 nitrogen and oxygen atoms in total. The SMILES string of the molecule is CNC(=O)C1NC(CC(C)(C)C)C2(C(=O)Nc3cc(Cl)ccc32)C1c1ccco1. The number of rotatable bonds is 3. The fourth-order valence-corrected chi connectivity index (χ4v) is 5.15. The molecule has 2 amide bonds. The lowest BCUT2D eigenvalue weighted by Gasteiger charge is -2.36. The predicted molar refractivity (Wildman–Crippen MR) is 112 cm³/mol. The van der Waals surface area contributed by atoms with E-state index in [2.05, 4.69) is 36.7 Å². The molecule has 1 fully saturated rings. The summed E-state index contributed by atoms with van der Waals surface area (Å²) in [6, 6.07) is 8.22. The number of carbonyl (C=O) groups is 2. The van der Waals surface area contributed by atoms with Crippen molar-refractivity contribution in [3.8, 4) is 0 Å². The van der Waals surface area contributed by atoms with E-state index < -0.39 is 17.4 Å². The Morgan fingerprint density at radius 3 is 2.69 bits per heavy atom. The summed E-state index contributed by atoms with van der Waals surface area (Å²) in [6.45, 7) is 6.40. The van der Waals surface area contributed by atoms with Gasteiger partial charge in [0.05, 0.1) is 18.2 Å². The van der Waals surface area contributed by atoms with Crippen LogP contribution >= 0.6 is 11.6 Å². The van der Waals surface area contributed by atoms with Crippen molar-refractivity contribution in [3.05, 3.63) is 52.9 Å². The van der Waals surface area contributed by atoms with Crippen molar-refractivity contribution in [1.29, 1.82) is 0 Å². The first-order valence-electron chi connectivity index (χ1n) is 9.81. The molecular formula is C22H26ClN3O3. The van der Waals surface area contributed by atoms with Crippen molar-refractivity contribution in [2.75, 3.05) is 12.4 Å². The quantitative estimate of drug-likeness (QED) is 0.717. The van der Waals surface area contributed by atoms with Crippen LogP contribution in [0.3, 0.4) is 0 Å². The normalized spacial score (nSPS) is 28.4. The largest absolute Gasteiger partial charge is 0.469 e. The molecule has 1 aromatic heterocycles. The molecule has 154 valence electrons. The van der Waals surface area contributed by atoms with E-state index in [0.717, 1.165) is 5.56 Å². The smallest absolute Gasteiger partial charge is 0.237 e. The maximum atomic E-state index is 13.7. The summed E-state index contributed by atoms with van der Waals surface area (Å²) in [4.78, 5) is 26.5. The Morgan fingerprint density at radius 2 is 2.07 bits per heavy atom. The third-order valence-electron chi connectivity index (χ3n) is 6.00. The first-order valence-corrected chi connectivity index (χ1v) is 10.2. The number of anilines is 1. The van der Waals surface area contributed by atoms with Crippen LogP contribution in [0, 0.1) is 5.41 Å². The molecule has 4 atom stereocenters. The Morgan fingerprint density at radius 1 is 1.31 bits per heavy atom. The van der Waals surface area contributed by atoms with Crippen LogP contribution in [0.15, 0.2) is 41.0 Å². The standard InChI is InChI=1S/C22H26ClN3O3/c1-21(2,3)11-16-22(13-8-7-12(23)10-14(13)25-20(22)28)17(15-6-5-9-29-15)18(26-16)19(27)24-4/h5-10,16-18,26H,11H2,1-4H3,(H,24,27)(H,25,28). The Labute approximate surface area is 175 Å². The number of carbonyl (C=O) groups excluding carboxylic acids is 2. The van der Waals surface area contributed by atoms with Gasteiger partial charge in [0.15, 0.2) is 0 Å². The van der Waals surface area contributed by atoms with Gasteiger partial charge in [-0.2, -0.15) is 0 Å². The van der Waals surface area contributed by atoms with Crippen molar-refractivity contribution in [3.63, 3.8) is 0 Å².